The Hall–Kier alpha value is -3.53. The third kappa shape index (κ3) is 7.48. The van der Waals surface area contributed by atoms with E-state index in [9.17, 15) is 5.21 Å². The van der Waals surface area contributed by atoms with Gasteiger partial charge >= 0.3 is 0 Å². The van der Waals surface area contributed by atoms with Crippen molar-refractivity contribution in [2.24, 2.45) is 5.90 Å². The summed E-state index contributed by atoms with van der Waals surface area (Å²) in [6.45, 7) is 4.49. The molecule has 3 rings (SSSR count). The van der Waals surface area contributed by atoms with Crippen LogP contribution in [-0.2, 0) is 22.8 Å². The highest BCUT2D eigenvalue weighted by Crippen LogP contribution is 2.30. The lowest BCUT2D eigenvalue weighted by molar-refractivity contribution is -0.911. The normalized spacial score (nSPS) is 11.8. The zero-order valence-electron chi connectivity index (χ0n) is 20.5. The van der Waals surface area contributed by atoms with Crippen LogP contribution in [-0.4, -0.2) is 32.1 Å². The smallest absolute Gasteiger partial charge is 0.271 e. The number of hydrogen-bond donors (Lipinski definition) is 2. The lowest BCUT2D eigenvalue weighted by Gasteiger charge is -2.16. The van der Waals surface area contributed by atoms with Gasteiger partial charge < -0.3 is 23.7 Å². The van der Waals surface area contributed by atoms with Gasteiger partial charge in [0, 0.05) is 4.73 Å². The SMILES string of the molecule is COc1ccc(COc2cc(C(COC(C)C)ON)[n+](O)cc2OCc2ccc(OC)cc2)cc1. The van der Waals surface area contributed by atoms with Gasteiger partial charge in [-0.3, -0.25) is 10.0 Å². The maximum Gasteiger partial charge on any atom is 0.271 e. The van der Waals surface area contributed by atoms with Gasteiger partial charge in [0.15, 0.2) is 11.9 Å². The standard InChI is InChI=1S/C26H33N2O7/c1-18(2)32-17-26(35-27)23-13-24(33-15-19-5-9-21(30-3)10-6-19)25(14-28(23)29)34-16-20-7-11-22(31-4)12-8-20/h5-14,18,26,29H,15-17,27H2,1-4H3/q+1. The molecular weight excluding hydrogens is 452 g/mol. The van der Waals surface area contributed by atoms with Gasteiger partial charge in [0.25, 0.3) is 11.9 Å². The Morgan fingerprint density at radius 2 is 1.34 bits per heavy atom. The molecule has 1 unspecified atom stereocenters. The Balaban J connectivity index is 1.84. The molecule has 0 aliphatic heterocycles. The van der Waals surface area contributed by atoms with E-state index in [0.29, 0.717) is 17.2 Å². The molecule has 1 heterocycles. The summed E-state index contributed by atoms with van der Waals surface area (Å²) in [5.41, 5.74) is 2.22. The minimum atomic E-state index is -0.721. The van der Waals surface area contributed by atoms with Crippen LogP contribution in [0, 0.1) is 0 Å². The van der Waals surface area contributed by atoms with Crippen molar-refractivity contribution >= 4 is 0 Å². The van der Waals surface area contributed by atoms with Crippen molar-refractivity contribution in [1.82, 2.24) is 0 Å². The fourth-order valence-corrected chi connectivity index (χ4v) is 3.22. The highest BCUT2D eigenvalue weighted by molar-refractivity contribution is 5.38. The summed E-state index contributed by atoms with van der Waals surface area (Å²) in [4.78, 5) is 5.07. The molecule has 188 valence electrons. The first-order chi connectivity index (χ1) is 16.9. The molecule has 3 aromatic rings. The first-order valence-electron chi connectivity index (χ1n) is 11.2. The van der Waals surface area contributed by atoms with E-state index in [0.717, 1.165) is 27.4 Å². The molecule has 3 N–H and O–H groups in total. The Bertz CT molecular complexity index is 1060. The highest BCUT2D eigenvalue weighted by atomic mass is 16.6. The van der Waals surface area contributed by atoms with Crippen LogP contribution in [0.4, 0.5) is 0 Å². The van der Waals surface area contributed by atoms with Crippen LogP contribution in [0.3, 0.4) is 0 Å². The second-order valence-corrected chi connectivity index (χ2v) is 8.05. The monoisotopic (exact) mass is 485 g/mol. The predicted molar refractivity (Wildman–Crippen MR) is 128 cm³/mol. The number of pyridine rings is 1. The fraction of sp³-hybridized carbons (Fsp3) is 0.346. The molecule has 0 aliphatic carbocycles. The molecule has 35 heavy (non-hydrogen) atoms. The van der Waals surface area contributed by atoms with Crippen LogP contribution in [0.2, 0.25) is 0 Å². The van der Waals surface area contributed by atoms with E-state index < -0.39 is 6.10 Å². The molecule has 9 heteroatoms. The average molecular weight is 486 g/mol. The molecule has 0 amide bonds. The minimum Gasteiger partial charge on any atom is -0.497 e. The van der Waals surface area contributed by atoms with Crippen LogP contribution in [0.1, 0.15) is 36.8 Å². The van der Waals surface area contributed by atoms with E-state index in [4.69, 9.17) is 34.4 Å². The van der Waals surface area contributed by atoms with Crippen molar-refractivity contribution in [3.8, 4) is 23.0 Å². The first kappa shape index (κ1) is 26.1. The number of methoxy groups -OCH3 is 2. The topological polar surface area (TPSA) is 106 Å². The van der Waals surface area contributed by atoms with Crippen molar-refractivity contribution in [2.75, 3.05) is 20.8 Å². The number of rotatable bonds is 13. The van der Waals surface area contributed by atoms with Gasteiger partial charge in [-0.25, -0.2) is 5.90 Å². The largest absolute Gasteiger partial charge is 0.497 e. The zero-order chi connectivity index (χ0) is 25.2. The van der Waals surface area contributed by atoms with E-state index in [1.54, 1.807) is 20.3 Å². The molecule has 1 aromatic heterocycles. The van der Waals surface area contributed by atoms with E-state index in [2.05, 4.69) is 0 Å². The van der Waals surface area contributed by atoms with Crippen LogP contribution in [0.15, 0.2) is 60.8 Å². The molecule has 0 bridgehead atoms. The summed E-state index contributed by atoms with van der Waals surface area (Å²) in [5, 5.41) is 10.7. The second kappa shape index (κ2) is 12.8. The molecule has 0 fully saturated rings. The average Bonchev–Trinajstić information content (AvgIpc) is 2.88. The fourth-order valence-electron chi connectivity index (χ4n) is 3.22. The Labute approximate surface area is 205 Å². The maximum absolute atomic E-state index is 10.7. The van der Waals surface area contributed by atoms with Gasteiger partial charge in [0.05, 0.1) is 33.0 Å². The third-order valence-corrected chi connectivity index (χ3v) is 5.21. The summed E-state index contributed by atoms with van der Waals surface area (Å²) in [6.07, 6.45) is 0.669. The number of ether oxygens (including phenoxy) is 5. The van der Waals surface area contributed by atoms with Crippen molar-refractivity contribution < 1.29 is 38.5 Å². The molecule has 2 aromatic carbocycles. The molecular formula is C26H33N2O7+. The summed E-state index contributed by atoms with van der Waals surface area (Å²) >= 11 is 0. The van der Waals surface area contributed by atoms with Gasteiger partial charge in [-0.1, -0.05) is 24.3 Å². The maximum atomic E-state index is 10.7. The number of aromatic nitrogens is 1. The first-order valence-corrected chi connectivity index (χ1v) is 11.2. The Morgan fingerprint density at radius 3 is 1.80 bits per heavy atom. The molecule has 0 radical (unpaired) electrons. The number of hydrogen-bond acceptors (Lipinski definition) is 8. The van der Waals surface area contributed by atoms with Crippen LogP contribution >= 0.6 is 0 Å². The van der Waals surface area contributed by atoms with Gasteiger partial charge in [0.2, 0.25) is 5.75 Å². The predicted octanol–water partition coefficient (Wildman–Crippen LogP) is 3.74. The van der Waals surface area contributed by atoms with Crippen molar-refractivity contribution in [3.63, 3.8) is 0 Å². The summed E-state index contributed by atoms with van der Waals surface area (Å²) in [7, 11) is 3.23. The van der Waals surface area contributed by atoms with Crippen molar-refractivity contribution in [3.05, 3.63) is 77.6 Å². The number of nitrogens with two attached hydrogens (primary N) is 1. The minimum absolute atomic E-state index is 0.0299. The van der Waals surface area contributed by atoms with Crippen LogP contribution < -0.4 is 29.6 Å². The van der Waals surface area contributed by atoms with Gasteiger partial charge in [-0.05, 0) is 49.2 Å². The summed E-state index contributed by atoms with van der Waals surface area (Å²) in [6, 6.07) is 16.7. The van der Waals surface area contributed by atoms with E-state index in [1.165, 1.54) is 6.20 Å². The molecule has 0 saturated heterocycles. The van der Waals surface area contributed by atoms with Crippen molar-refractivity contribution in [2.45, 2.75) is 39.3 Å². The lowest BCUT2D eigenvalue weighted by Crippen LogP contribution is -2.39. The van der Waals surface area contributed by atoms with Gasteiger partial charge in [-0.15, -0.1) is 0 Å². The molecule has 0 saturated carbocycles. The number of nitrogens with zero attached hydrogens (tertiary/aromatic N) is 1. The van der Waals surface area contributed by atoms with E-state index in [1.807, 2.05) is 62.4 Å². The molecule has 0 spiro atoms. The van der Waals surface area contributed by atoms with Crippen LogP contribution in [0.25, 0.3) is 0 Å². The quantitative estimate of drug-likeness (QED) is 0.214. The molecule has 0 aliphatic rings. The van der Waals surface area contributed by atoms with Gasteiger partial charge in [0.1, 0.15) is 24.7 Å². The van der Waals surface area contributed by atoms with Crippen LogP contribution in [0.5, 0.6) is 23.0 Å². The lowest BCUT2D eigenvalue weighted by atomic mass is 10.2. The van der Waals surface area contributed by atoms with E-state index >= 15 is 0 Å². The zero-order valence-corrected chi connectivity index (χ0v) is 20.5. The van der Waals surface area contributed by atoms with Crippen molar-refractivity contribution in [1.29, 1.82) is 0 Å². The number of benzene rings is 2. The van der Waals surface area contributed by atoms with Gasteiger partial charge in [-0.2, -0.15) is 0 Å². The Kier molecular flexibility index (Phi) is 9.54. The molecule has 9 nitrogen and oxygen atoms in total. The summed E-state index contributed by atoms with van der Waals surface area (Å²) in [5.74, 6) is 7.78. The Morgan fingerprint density at radius 1 is 0.829 bits per heavy atom. The molecule has 1 atom stereocenters. The van der Waals surface area contributed by atoms with E-state index in [-0.39, 0.29) is 25.9 Å². The highest BCUT2D eigenvalue weighted by Gasteiger charge is 2.28. The second-order valence-electron chi connectivity index (χ2n) is 8.05. The third-order valence-electron chi connectivity index (χ3n) is 5.21. The summed E-state index contributed by atoms with van der Waals surface area (Å²) < 4.78 is 29.0.